The van der Waals surface area contributed by atoms with Crippen molar-refractivity contribution in [3.05, 3.63) is 111 Å². The second-order valence-corrected chi connectivity index (χ2v) is 9.27. The van der Waals surface area contributed by atoms with Gasteiger partial charge in [0, 0.05) is 18.8 Å². The summed E-state index contributed by atoms with van der Waals surface area (Å²) < 4.78 is 43.6. The number of nitrogens with one attached hydrogen (secondary N) is 2. The summed E-state index contributed by atoms with van der Waals surface area (Å²) in [7, 11) is 0. The van der Waals surface area contributed by atoms with E-state index in [-0.39, 0.29) is 30.3 Å². The van der Waals surface area contributed by atoms with E-state index in [2.05, 4.69) is 20.7 Å². The monoisotopic (exact) mass is 566 g/mol. The molecule has 40 heavy (non-hydrogen) atoms. The van der Waals surface area contributed by atoms with Gasteiger partial charge in [0.25, 0.3) is 11.5 Å². The summed E-state index contributed by atoms with van der Waals surface area (Å²) in [6.07, 6.45) is -4.93. The number of para-hydroxylation sites is 2. The molecule has 0 aliphatic carbocycles. The van der Waals surface area contributed by atoms with E-state index < -0.39 is 28.5 Å². The van der Waals surface area contributed by atoms with Crippen molar-refractivity contribution < 1.29 is 18.0 Å². The molecule has 2 heterocycles. The Balaban J connectivity index is 1.44. The number of hydrogen-bond donors (Lipinski definition) is 2. The molecule has 204 valence electrons. The molecule has 0 atom stereocenters. The van der Waals surface area contributed by atoms with E-state index in [1.54, 1.807) is 42.5 Å². The summed E-state index contributed by atoms with van der Waals surface area (Å²) in [4.78, 5) is 30.9. The zero-order valence-corrected chi connectivity index (χ0v) is 21.8. The first-order chi connectivity index (χ1) is 19.1. The highest BCUT2D eigenvalue weighted by Crippen LogP contribution is 2.35. The number of amides is 1. The van der Waals surface area contributed by atoms with Crippen LogP contribution in [-0.4, -0.2) is 31.8 Å². The third-order valence-electron chi connectivity index (χ3n) is 6.12. The van der Waals surface area contributed by atoms with Crippen LogP contribution in [-0.2, 0) is 12.7 Å². The Morgan fingerprint density at radius 1 is 0.975 bits per heavy atom. The van der Waals surface area contributed by atoms with E-state index in [4.69, 9.17) is 11.6 Å². The number of anilines is 2. The maximum absolute atomic E-state index is 13.8. The molecule has 2 N–H and O–H groups in total. The van der Waals surface area contributed by atoms with Crippen molar-refractivity contribution in [2.45, 2.75) is 19.6 Å². The number of aryl methyl sites for hydroxylation is 1. The van der Waals surface area contributed by atoms with Crippen molar-refractivity contribution >= 4 is 40.0 Å². The molecule has 0 aliphatic rings. The highest BCUT2D eigenvalue weighted by atomic mass is 35.5. The number of carbonyl (C=O) groups excluding carboxylic acids is 1. The van der Waals surface area contributed by atoms with E-state index >= 15 is 0 Å². The summed E-state index contributed by atoms with van der Waals surface area (Å²) in [5, 5.41) is 9.02. The van der Waals surface area contributed by atoms with Crippen molar-refractivity contribution in [1.82, 2.24) is 24.6 Å². The predicted octanol–water partition coefficient (Wildman–Crippen LogP) is 5.74. The van der Waals surface area contributed by atoms with E-state index in [0.29, 0.717) is 16.6 Å². The number of aromatic nitrogens is 4. The second-order valence-electron chi connectivity index (χ2n) is 8.92. The van der Waals surface area contributed by atoms with Crippen molar-refractivity contribution in [3.63, 3.8) is 0 Å². The van der Waals surface area contributed by atoms with Crippen molar-refractivity contribution in [3.8, 4) is 5.69 Å². The Kier molecular flexibility index (Phi) is 7.31. The largest absolute Gasteiger partial charge is 0.436 e. The molecule has 5 aromatic rings. The SMILES string of the molecule is Cc1ccc(Nc2nc3ccccc3c(=O)n2CCNC(=O)c2c(C(F)(F)F)nn(-c3ccccc3)c2Cl)cc1. The van der Waals surface area contributed by atoms with Crippen LogP contribution in [0.15, 0.2) is 83.7 Å². The van der Waals surface area contributed by atoms with Crippen LogP contribution in [0.3, 0.4) is 0 Å². The molecule has 0 saturated heterocycles. The van der Waals surface area contributed by atoms with Gasteiger partial charge < -0.3 is 10.6 Å². The van der Waals surface area contributed by atoms with Crippen LogP contribution < -0.4 is 16.2 Å². The van der Waals surface area contributed by atoms with Gasteiger partial charge in [-0.3, -0.25) is 14.2 Å². The first-order valence-corrected chi connectivity index (χ1v) is 12.5. The Morgan fingerprint density at radius 2 is 1.65 bits per heavy atom. The quantitative estimate of drug-likeness (QED) is 0.262. The molecule has 0 unspecified atom stereocenters. The Labute approximate surface area is 231 Å². The number of hydrogen-bond acceptors (Lipinski definition) is 5. The zero-order valence-electron chi connectivity index (χ0n) is 21.0. The average Bonchev–Trinajstić information content (AvgIpc) is 3.30. The van der Waals surface area contributed by atoms with Crippen LogP contribution in [0.2, 0.25) is 5.15 Å². The van der Waals surface area contributed by atoms with Crippen molar-refractivity contribution in [1.29, 1.82) is 0 Å². The molecule has 3 aromatic carbocycles. The Bertz CT molecular complexity index is 1750. The minimum Gasteiger partial charge on any atom is -0.350 e. The summed E-state index contributed by atoms with van der Waals surface area (Å²) in [5.74, 6) is -0.859. The highest BCUT2D eigenvalue weighted by molar-refractivity contribution is 6.33. The lowest BCUT2D eigenvalue weighted by Crippen LogP contribution is -2.33. The number of rotatable bonds is 7. The fraction of sp³-hybridized carbons (Fsp3) is 0.143. The molecule has 0 radical (unpaired) electrons. The summed E-state index contributed by atoms with van der Waals surface area (Å²) in [5.41, 5.74) is -0.134. The van der Waals surface area contributed by atoms with Crippen LogP contribution in [0.25, 0.3) is 16.6 Å². The van der Waals surface area contributed by atoms with Gasteiger partial charge in [-0.05, 0) is 43.3 Å². The second kappa shape index (κ2) is 10.9. The van der Waals surface area contributed by atoms with E-state index in [1.807, 2.05) is 31.2 Å². The number of alkyl halides is 3. The third kappa shape index (κ3) is 5.41. The number of halogens is 4. The lowest BCUT2D eigenvalue weighted by molar-refractivity contribution is -0.141. The van der Waals surface area contributed by atoms with Gasteiger partial charge in [0.15, 0.2) is 5.69 Å². The van der Waals surface area contributed by atoms with Crippen molar-refractivity contribution in [2.75, 3.05) is 11.9 Å². The maximum atomic E-state index is 13.8. The van der Waals surface area contributed by atoms with E-state index in [1.165, 1.54) is 16.7 Å². The zero-order chi connectivity index (χ0) is 28.4. The smallest absolute Gasteiger partial charge is 0.350 e. The van der Waals surface area contributed by atoms with Crippen LogP contribution in [0, 0.1) is 6.92 Å². The fourth-order valence-corrected chi connectivity index (χ4v) is 4.45. The molecule has 2 aromatic heterocycles. The summed E-state index contributed by atoms with van der Waals surface area (Å²) in [6, 6.07) is 22.2. The van der Waals surface area contributed by atoms with Gasteiger partial charge in [-0.15, -0.1) is 0 Å². The average molecular weight is 567 g/mol. The summed E-state index contributed by atoms with van der Waals surface area (Å²) in [6.45, 7) is 1.67. The molecule has 12 heteroatoms. The van der Waals surface area contributed by atoms with Gasteiger partial charge in [-0.25, -0.2) is 9.67 Å². The van der Waals surface area contributed by atoms with Crippen molar-refractivity contribution in [2.24, 2.45) is 0 Å². The molecule has 5 rings (SSSR count). The number of fused-ring (bicyclic) bond motifs is 1. The molecule has 8 nitrogen and oxygen atoms in total. The lowest BCUT2D eigenvalue weighted by Gasteiger charge is -2.15. The van der Waals surface area contributed by atoms with Gasteiger partial charge in [-0.2, -0.15) is 18.3 Å². The molecule has 0 spiro atoms. The third-order valence-corrected chi connectivity index (χ3v) is 6.46. The fourth-order valence-electron chi connectivity index (χ4n) is 4.14. The lowest BCUT2D eigenvalue weighted by atomic mass is 10.2. The molecule has 0 aliphatic heterocycles. The van der Waals surface area contributed by atoms with Crippen LogP contribution in [0.1, 0.15) is 21.6 Å². The predicted molar refractivity (Wildman–Crippen MR) is 146 cm³/mol. The maximum Gasteiger partial charge on any atom is 0.436 e. The molecule has 0 bridgehead atoms. The summed E-state index contributed by atoms with van der Waals surface area (Å²) >= 11 is 6.24. The highest BCUT2D eigenvalue weighted by Gasteiger charge is 2.41. The van der Waals surface area contributed by atoms with E-state index in [9.17, 15) is 22.8 Å². The Morgan fingerprint density at radius 3 is 2.35 bits per heavy atom. The van der Waals surface area contributed by atoms with Gasteiger partial charge in [0.2, 0.25) is 5.95 Å². The van der Waals surface area contributed by atoms with Crippen LogP contribution in [0.4, 0.5) is 24.8 Å². The Hall–Kier alpha value is -4.64. The van der Waals surface area contributed by atoms with Gasteiger partial charge in [0.1, 0.15) is 10.7 Å². The standard InChI is InChI=1S/C28H22ClF3N6O2/c1-17-11-13-18(14-12-17)34-27-35-21-10-6-5-9-20(21)26(40)37(27)16-15-33-25(39)22-23(28(30,31)32)36-38(24(22)29)19-7-3-2-4-8-19/h2-14H,15-16H2,1H3,(H,33,39)(H,34,35). The minimum absolute atomic E-state index is 0.0810. The normalized spacial score (nSPS) is 11.5. The van der Waals surface area contributed by atoms with E-state index in [0.717, 1.165) is 10.2 Å². The van der Waals surface area contributed by atoms with Gasteiger partial charge >= 0.3 is 6.18 Å². The van der Waals surface area contributed by atoms with Crippen LogP contribution >= 0.6 is 11.6 Å². The number of carbonyl (C=O) groups is 1. The number of nitrogens with zero attached hydrogens (tertiary/aromatic N) is 4. The topological polar surface area (TPSA) is 93.8 Å². The molecular weight excluding hydrogens is 545 g/mol. The molecule has 1 amide bonds. The van der Waals surface area contributed by atoms with Gasteiger partial charge in [-0.1, -0.05) is 59.6 Å². The first kappa shape index (κ1) is 26.9. The molecule has 0 saturated carbocycles. The number of benzene rings is 3. The first-order valence-electron chi connectivity index (χ1n) is 12.2. The molecule has 0 fully saturated rings. The minimum atomic E-state index is -4.93. The van der Waals surface area contributed by atoms with Crippen LogP contribution in [0.5, 0.6) is 0 Å². The molecular formula is C28H22ClF3N6O2. The van der Waals surface area contributed by atoms with Gasteiger partial charge in [0.05, 0.1) is 16.6 Å².